The van der Waals surface area contributed by atoms with Crippen LogP contribution in [0.3, 0.4) is 0 Å². The third-order valence-electron chi connectivity index (χ3n) is 1.13. The Hall–Kier alpha value is 0.310. The molecule has 50 valence electrons. The van der Waals surface area contributed by atoms with Gasteiger partial charge in [-0.15, -0.1) is 0 Å². The van der Waals surface area contributed by atoms with E-state index in [-0.39, 0.29) is 0 Å². The summed E-state index contributed by atoms with van der Waals surface area (Å²) in [6.45, 7) is 2.40. The lowest BCUT2D eigenvalue weighted by Crippen LogP contribution is -2.00. The summed E-state index contributed by atoms with van der Waals surface area (Å²) in [5, 5.41) is 8.55. The first-order valence-corrected chi connectivity index (χ1v) is 4.30. The standard InChI is InChI=1S/C6H14OS/c1-6(5-7)3-4-8-2/h6-7H,3-5H2,1-2H3. The lowest BCUT2D eigenvalue weighted by molar-refractivity contribution is 0.235. The highest BCUT2D eigenvalue weighted by atomic mass is 32.2. The highest BCUT2D eigenvalue weighted by Crippen LogP contribution is 2.04. The Kier molecular flexibility index (Phi) is 5.66. The van der Waals surface area contributed by atoms with Crippen LogP contribution in [0.4, 0.5) is 0 Å². The van der Waals surface area contributed by atoms with Crippen molar-refractivity contribution < 1.29 is 5.11 Å². The van der Waals surface area contributed by atoms with E-state index in [0.717, 1.165) is 6.42 Å². The smallest absolute Gasteiger partial charge is 0.0456 e. The van der Waals surface area contributed by atoms with Gasteiger partial charge in [0.05, 0.1) is 0 Å². The van der Waals surface area contributed by atoms with Gasteiger partial charge in [0.2, 0.25) is 0 Å². The minimum atomic E-state index is 0.334. The molecule has 0 aromatic heterocycles. The quantitative estimate of drug-likeness (QED) is 0.626. The molecule has 0 saturated heterocycles. The minimum Gasteiger partial charge on any atom is -0.396 e. The first-order chi connectivity index (χ1) is 3.81. The topological polar surface area (TPSA) is 20.2 Å². The van der Waals surface area contributed by atoms with Gasteiger partial charge in [0, 0.05) is 6.61 Å². The molecule has 0 amide bonds. The van der Waals surface area contributed by atoms with Crippen molar-refractivity contribution in [2.75, 3.05) is 18.6 Å². The van der Waals surface area contributed by atoms with E-state index in [4.69, 9.17) is 5.11 Å². The van der Waals surface area contributed by atoms with Crippen LogP contribution in [0.5, 0.6) is 0 Å². The summed E-state index contributed by atoms with van der Waals surface area (Å²) >= 11 is 1.83. The molecule has 8 heavy (non-hydrogen) atoms. The lowest BCUT2D eigenvalue weighted by atomic mass is 10.1. The van der Waals surface area contributed by atoms with E-state index >= 15 is 0 Å². The fourth-order valence-corrected chi connectivity index (χ4v) is 1.05. The van der Waals surface area contributed by atoms with Gasteiger partial charge in [0.1, 0.15) is 0 Å². The van der Waals surface area contributed by atoms with Gasteiger partial charge in [0.15, 0.2) is 0 Å². The molecule has 1 nitrogen and oxygen atoms in total. The Morgan fingerprint density at radius 2 is 2.25 bits per heavy atom. The molecular formula is C6H14OS. The Bertz CT molecular complexity index is 47.8. The van der Waals surface area contributed by atoms with Gasteiger partial charge in [0.25, 0.3) is 0 Å². The van der Waals surface area contributed by atoms with Gasteiger partial charge in [-0.05, 0) is 24.3 Å². The molecule has 0 aromatic rings. The first kappa shape index (κ1) is 8.31. The number of thioether (sulfide) groups is 1. The highest BCUT2D eigenvalue weighted by molar-refractivity contribution is 7.98. The average Bonchev–Trinajstić information content (AvgIpc) is 1.83. The zero-order valence-corrected chi connectivity index (χ0v) is 6.37. The van der Waals surface area contributed by atoms with E-state index in [0.29, 0.717) is 12.5 Å². The predicted octanol–water partition coefficient (Wildman–Crippen LogP) is 1.37. The monoisotopic (exact) mass is 134 g/mol. The predicted molar refractivity (Wildman–Crippen MR) is 39.2 cm³/mol. The summed E-state index contributed by atoms with van der Waals surface area (Å²) in [7, 11) is 0. The summed E-state index contributed by atoms with van der Waals surface area (Å²) in [5.41, 5.74) is 0. The number of hydrogen-bond acceptors (Lipinski definition) is 2. The molecule has 0 rings (SSSR count). The van der Waals surface area contributed by atoms with E-state index < -0.39 is 0 Å². The van der Waals surface area contributed by atoms with Crippen LogP contribution < -0.4 is 0 Å². The third-order valence-corrected chi connectivity index (χ3v) is 1.77. The fraction of sp³-hybridized carbons (Fsp3) is 1.00. The molecule has 1 N–H and O–H groups in total. The molecular weight excluding hydrogens is 120 g/mol. The van der Waals surface area contributed by atoms with Crippen molar-refractivity contribution in [2.24, 2.45) is 5.92 Å². The SMILES string of the molecule is CSCCC(C)CO. The van der Waals surface area contributed by atoms with Crippen LogP contribution in [0.2, 0.25) is 0 Å². The number of aliphatic hydroxyl groups excluding tert-OH is 1. The zero-order valence-electron chi connectivity index (χ0n) is 5.55. The lowest BCUT2D eigenvalue weighted by Gasteiger charge is -2.03. The van der Waals surface area contributed by atoms with Crippen molar-refractivity contribution in [1.82, 2.24) is 0 Å². The van der Waals surface area contributed by atoms with E-state index in [2.05, 4.69) is 13.2 Å². The maximum absolute atomic E-state index is 8.55. The van der Waals surface area contributed by atoms with Crippen LogP contribution in [0.1, 0.15) is 13.3 Å². The van der Waals surface area contributed by atoms with Crippen LogP contribution in [0.25, 0.3) is 0 Å². The second kappa shape index (κ2) is 5.45. The van der Waals surface area contributed by atoms with Crippen molar-refractivity contribution in [1.29, 1.82) is 0 Å². The number of aliphatic hydroxyl groups is 1. The number of hydrogen-bond donors (Lipinski definition) is 1. The fourth-order valence-electron chi connectivity index (χ4n) is 0.410. The summed E-state index contributed by atoms with van der Waals surface area (Å²) < 4.78 is 0. The zero-order chi connectivity index (χ0) is 6.41. The summed E-state index contributed by atoms with van der Waals surface area (Å²) in [6.07, 6.45) is 3.22. The Balaban J connectivity index is 2.86. The van der Waals surface area contributed by atoms with Gasteiger partial charge in [-0.25, -0.2) is 0 Å². The van der Waals surface area contributed by atoms with Crippen LogP contribution in [-0.4, -0.2) is 23.7 Å². The third kappa shape index (κ3) is 4.47. The molecule has 0 saturated carbocycles. The van der Waals surface area contributed by atoms with Crippen LogP contribution in [-0.2, 0) is 0 Å². The Labute approximate surface area is 55.5 Å². The molecule has 0 aliphatic heterocycles. The molecule has 0 fully saturated rings. The minimum absolute atomic E-state index is 0.334. The van der Waals surface area contributed by atoms with Crippen molar-refractivity contribution in [2.45, 2.75) is 13.3 Å². The van der Waals surface area contributed by atoms with E-state index in [1.54, 1.807) is 0 Å². The van der Waals surface area contributed by atoms with Crippen LogP contribution in [0.15, 0.2) is 0 Å². The van der Waals surface area contributed by atoms with Gasteiger partial charge in [-0.3, -0.25) is 0 Å². The number of rotatable bonds is 4. The summed E-state index contributed by atoms with van der Waals surface area (Å²) in [4.78, 5) is 0. The van der Waals surface area contributed by atoms with E-state index in [9.17, 15) is 0 Å². The molecule has 0 bridgehead atoms. The molecule has 0 radical (unpaired) electrons. The maximum Gasteiger partial charge on any atom is 0.0456 e. The Morgan fingerprint density at radius 3 is 2.62 bits per heavy atom. The Morgan fingerprint density at radius 1 is 1.62 bits per heavy atom. The van der Waals surface area contributed by atoms with Crippen LogP contribution in [0, 0.1) is 5.92 Å². The molecule has 1 atom stereocenters. The molecule has 0 aliphatic rings. The largest absolute Gasteiger partial charge is 0.396 e. The first-order valence-electron chi connectivity index (χ1n) is 2.91. The molecule has 0 aromatic carbocycles. The maximum atomic E-state index is 8.55. The molecule has 0 spiro atoms. The van der Waals surface area contributed by atoms with E-state index in [1.165, 1.54) is 5.75 Å². The van der Waals surface area contributed by atoms with Crippen molar-refractivity contribution in [3.05, 3.63) is 0 Å². The average molecular weight is 134 g/mol. The molecule has 0 heterocycles. The highest BCUT2D eigenvalue weighted by Gasteiger charge is 1.96. The van der Waals surface area contributed by atoms with Gasteiger partial charge >= 0.3 is 0 Å². The van der Waals surface area contributed by atoms with Gasteiger partial charge < -0.3 is 5.11 Å². The second-order valence-corrected chi connectivity index (χ2v) is 3.05. The molecule has 0 aliphatic carbocycles. The second-order valence-electron chi connectivity index (χ2n) is 2.07. The van der Waals surface area contributed by atoms with Crippen molar-refractivity contribution >= 4 is 11.8 Å². The van der Waals surface area contributed by atoms with Crippen LogP contribution >= 0.6 is 11.8 Å². The summed E-state index contributed by atoms with van der Waals surface area (Å²) in [6, 6.07) is 0. The molecule has 1 unspecified atom stereocenters. The van der Waals surface area contributed by atoms with Gasteiger partial charge in [-0.1, -0.05) is 6.92 Å². The van der Waals surface area contributed by atoms with Crippen molar-refractivity contribution in [3.8, 4) is 0 Å². The molecule has 2 heteroatoms. The van der Waals surface area contributed by atoms with Crippen molar-refractivity contribution in [3.63, 3.8) is 0 Å². The normalized spacial score (nSPS) is 13.9. The van der Waals surface area contributed by atoms with E-state index in [1.807, 2.05) is 11.8 Å². The summed E-state index contributed by atoms with van der Waals surface area (Å²) in [5.74, 6) is 1.66. The van der Waals surface area contributed by atoms with Gasteiger partial charge in [-0.2, -0.15) is 11.8 Å².